The number of nitrogens with zero attached hydrogens (tertiary/aromatic N) is 2. The quantitative estimate of drug-likeness (QED) is 0.646. The molecule has 2 aromatic rings. The molecule has 31 heavy (non-hydrogen) atoms. The molecule has 1 fully saturated rings. The van der Waals surface area contributed by atoms with Gasteiger partial charge in [-0.2, -0.15) is 0 Å². The predicted octanol–water partition coefficient (Wildman–Crippen LogP) is 3.73. The summed E-state index contributed by atoms with van der Waals surface area (Å²) in [7, 11) is 0. The lowest BCUT2D eigenvalue weighted by molar-refractivity contribution is -0.137. The van der Waals surface area contributed by atoms with Crippen LogP contribution >= 0.6 is 34.4 Å². The number of carbonyl (C=O) groups is 2. The van der Waals surface area contributed by atoms with E-state index in [1.807, 2.05) is 5.38 Å². The second kappa shape index (κ2) is 8.96. The minimum absolute atomic E-state index is 0.0516. The summed E-state index contributed by atoms with van der Waals surface area (Å²) in [6.45, 7) is 0.523. The van der Waals surface area contributed by atoms with Crippen LogP contribution < -0.4 is 10.6 Å². The van der Waals surface area contributed by atoms with Gasteiger partial charge in [0, 0.05) is 45.9 Å². The number of hydrogen-bond donors (Lipinski definition) is 2. The first-order valence-electron chi connectivity index (χ1n) is 10.8. The van der Waals surface area contributed by atoms with Crippen LogP contribution in [0.1, 0.15) is 48.0 Å². The first-order chi connectivity index (χ1) is 15.2. The summed E-state index contributed by atoms with van der Waals surface area (Å²) in [5.41, 5.74) is 1.71. The first kappa shape index (κ1) is 21.0. The standard InChI is InChI=1S/C22H26N4O2S3/c1-29-16-8-10-31-21(16)20-19-14(12-24-22(19)28)25-13-4-2-3-5-15(13)26(20)18(27)7-6-17-23-9-11-30-17/h8-11,13,15,20,25H,2-7,12H2,1H3,(H,24,28)/t13-,15-,20+/m1/s1. The number of aromatic nitrogens is 1. The van der Waals surface area contributed by atoms with E-state index >= 15 is 0 Å². The van der Waals surface area contributed by atoms with E-state index in [4.69, 9.17) is 0 Å². The van der Waals surface area contributed by atoms with E-state index in [1.165, 1.54) is 0 Å². The molecule has 3 atom stereocenters. The van der Waals surface area contributed by atoms with Crippen molar-refractivity contribution in [2.75, 3.05) is 12.8 Å². The van der Waals surface area contributed by atoms with Gasteiger partial charge in [0.15, 0.2) is 0 Å². The van der Waals surface area contributed by atoms with Crippen molar-refractivity contribution in [2.45, 2.75) is 61.5 Å². The second-order valence-corrected chi connectivity index (χ2v) is 10.9. The molecule has 0 aromatic carbocycles. The molecule has 9 heteroatoms. The molecule has 2 aliphatic heterocycles. The van der Waals surface area contributed by atoms with Gasteiger partial charge in [0.05, 0.1) is 23.2 Å². The van der Waals surface area contributed by atoms with Crippen molar-refractivity contribution in [3.8, 4) is 0 Å². The van der Waals surface area contributed by atoms with Gasteiger partial charge in [-0.15, -0.1) is 34.4 Å². The van der Waals surface area contributed by atoms with Gasteiger partial charge >= 0.3 is 0 Å². The number of hydrogen-bond acceptors (Lipinski definition) is 7. The summed E-state index contributed by atoms with van der Waals surface area (Å²) >= 11 is 4.92. The molecule has 0 saturated heterocycles. The largest absolute Gasteiger partial charge is 0.382 e. The smallest absolute Gasteiger partial charge is 0.251 e. The summed E-state index contributed by atoms with van der Waals surface area (Å²) in [4.78, 5) is 35.5. The molecule has 2 amide bonds. The van der Waals surface area contributed by atoms with E-state index in [0.29, 0.717) is 19.4 Å². The highest BCUT2D eigenvalue weighted by molar-refractivity contribution is 7.98. The number of nitrogens with one attached hydrogen (secondary N) is 2. The Hall–Kier alpha value is -1.84. The summed E-state index contributed by atoms with van der Waals surface area (Å²) in [6, 6.07) is 2.06. The third-order valence-corrected chi connectivity index (χ3v) is 9.18. The van der Waals surface area contributed by atoms with E-state index in [0.717, 1.165) is 51.7 Å². The Morgan fingerprint density at radius 3 is 2.97 bits per heavy atom. The van der Waals surface area contributed by atoms with E-state index in [2.05, 4.69) is 38.2 Å². The lowest BCUT2D eigenvalue weighted by Gasteiger charge is -2.42. The third-order valence-electron chi connectivity index (χ3n) is 6.44. The van der Waals surface area contributed by atoms with Crippen molar-refractivity contribution in [3.05, 3.63) is 44.2 Å². The van der Waals surface area contributed by atoms with Gasteiger partial charge in [-0.1, -0.05) is 12.8 Å². The van der Waals surface area contributed by atoms with Crippen molar-refractivity contribution in [3.63, 3.8) is 0 Å². The van der Waals surface area contributed by atoms with E-state index < -0.39 is 0 Å². The molecule has 2 aromatic heterocycles. The van der Waals surface area contributed by atoms with Crippen molar-refractivity contribution in [1.29, 1.82) is 0 Å². The zero-order valence-corrected chi connectivity index (χ0v) is 19.9. The van der Waals surface area contributed by atoms with E-state index in [-0.39, 0.29) is 29.9 Å². The average molecular weight is 475 g/mol. The number of thiazole rings is 1. The highest BCUT2D eigenvalue weighted by Gasteiger charge is 2.47. The second-order valence-electron chi connectivity index (χ2n) is 8.16. The molecule has 0 spiro atoms. The van der Waals surface area contributed by atoms with Gasteiger partial charge < -0.3 is 15.5 Å². The molecule has 6 nitrogen and oxygen atoms in total. The summed E-state index contributed by atoms with van der Waals surface area (Å²) in [5.74, 6) is 0.0668. The minimum Gasteiger partial charge on any atom is -0.382 e. The molecule has 164 valence electrons. The SMILES string of the molecule is CSc1ccsc1[C@@H]1C2=C(CNC2=O)N[C@@H]2CCCC[C@H]2N1C(=O)CCc1nccs1. The fourth-order valence-corrected chi connectivity index (χ4v) is 7.58. The maximum absolute atomic E-state index is 13.8. The lowest BCUT2D eigenvalue weighted by atomic mass is 9.88. The normalized spacial score (nSPS) is 25.5. The maximum atomic E-state index is 13.8. The third kappa shape index (κ3) is 3.91. The van der Waals surface area contributed by atoms with Gasteiger partial charge in [0.1, 0.15) is 6.04 Å². The summed E-state index contributed by atoms with van der Waals surface area (Å²) < 4.78 is 0. The average Bonchev–Trinajstić information content (AvgIpc) is 3.52. The van der Waals surface area contributed by atoms with Crippen LogP contribution in [0, 0.1) is 0 Å². The highest BCUT2D eigenvalue weighted by Crippen LogP contribution is 2.45. The molecule has 0 unspecified atom stereocenters. The van der Waals surface area contributed by atoms with Gasteiger partial charge in [-0.05, 0) is 30.5 Å². The minimum atomic E-state index is -0.329. The predicted molar refractivity (Wildman–Crippen MR) is 125 cm³/mol. The topological polar surface area (TPSA) is 74.3 Å². The molecule has 3 aliphatic rings. The first-order valence-corrected chi connectivity index (χ1v) is 13.7. The number of rotatable bonds is 5. The van der Waals surface area contributed by atoms with Crippen LogP contribution in [-0.2, 0) is 16.0 Å². The summed E-state index contributed by atoms with van der Waals surface area (Å²) in [6.07, 6.45) is 9.17. The van der Waals surface area contributed by atoms with E-state index in [9.17, 15) is 9.59 Å². The van der Waals surface area contributed by atoms with Crippen molar-refractivity contribution in [2.24, 2.45) is 0 Å². The van der Waals surface area contributed by atoms with Crippen molar-refractivity contribution >= 4 is 46.2 Å². The summed E-state index contributed by atoms with van der Waals surface area (Å²) in [5, 5.41) is 11.7. The number of fused-ring (bicyclic) bond motifs is 1. The van der Waals surface area contributed by atoms with Crippen LogP contribution in [0.4, 0.5) is 0 Å². The molecular weight excluding hydrogens is 448 g/mol. The zero-order chi connectivity index (χ0) is 21.4. The van der Waals surface area contributed by atoms with Crippen molar-refractivity contribution in [1.82, 2.24) is 20.5 Å². The fraction of sp³-hybridized carbons (Fsp3) is 0.500. The van der Waals surface area contributed by atoms with Crippen LogP contribution in [0.5, 0.6) is 0 Å². The van der Waals surface area contributed by atoms with Gasteiger partial charge in [0.2, 0.25) is 5.91 Å². The molecule has 5 rings (SSSR count). The number of carbonyl (C=O) groups excluding carboxylic acids is 2. The zero-order valence-electron chi connectivity index (χ0n) is 17.4. The Labute approximate surface area is 194 Å². The number of amides is 2. The Morgan fingerprint density at radius 1 is 1.29 bits per heavy atom. The highest BCUT2D eigenvalue weighted by atomic mass is 32.2. The van der Waals surface area contributed by atoms with E-state index in [1.54, 1.807) is 40.6 Å². The molecule has 1 aliphatic carbocycles. The monoisotopic (exact) mass is 474 g/mol. The van der Waals surface area contributed by atoms with Crippen LogP contribution in [0.3, 0.4) is 0 Å². The molecule has 2 N–H and O–H groups in total. The van der Waals surface area contributed by atoms with Crippen LogP contribution in [-0.4, -0.2) is 46.6 Å². The van der Waals surface area contributed by atoms with Crippen molar-refractivity contribution < 1.29 is 9.59 Å². The Kier molecular flexibility index (Phi) is 6.08. The molecule has 4 heterocycles. The number of aryl methyl sites for hydroxylation is 1. The number of thioether (sulfide) groups is 1. The maximum Gasteiger partial charge on any atom is 0.251 e. The molecular formula is C22H26N4O2S3. The van der Waals surface area contributed by atoms with Crippen LogP contribution in [0.25, 0.3) is 0 Å². The van der Waals surface area contributed by atoms with Crippen LogP contribution in [0.15, 0.2) is 39.2 Å². The Balaban J connectivity index is 1.58. The van der Waals surface area contributed by atoms with Gasteiger partial charge in [-0.25, -0.2) is 4.98 Å². The van der Waals surface area contributed by atoms with Gasteiger partial charge in [-0.3, -0.25) is 9.59 Å². The molecule has 0 bridgehead atoms. The number of thiophene rings is 1. The lowest BCUT2D eigenvalue weighted by Crippen LogP contribution is -2.53. The fourth-order valence-electron chi connectivity index (χ4n) is 5.06. The van der Waals surface area contributed by atoms with Gasteiger partial charge in [0.25, 0.3) is 5.91 Å². The molecule has 0 radical (unpaired) electrons. The Morgan fingerprint density at radius 2 is 2.16 bits per heavy atom. The van der Waals surface area contributed by atoms with Crippen LogP contribution in [0.2, 0.25) is 0 Å². The molecule has 1 saturated carbocycles. The Bertz CT molecular complexity index is 1000.